The molecule has 0 aliphatic heterocycles. The van der Waals surface area contributed by atoms with Crippen molar-refractivity contribution in [1.29, 1.82) is 0 Å². The van der Waals surface area contributed by atoms with Crippen LogP contribution in [0.15, 0.2) is 17.2 Å². The third-order valence-electron chi connectivity index (χ3n) is 3.83. The monoisotopic (exact) mass is 362 g/mol. The largest absolute Gasteiger partial charge is 0.480 e. The van der Waals surface area contributed by atoms with Crippen LogP contribution in [0.1, 0.15) is 19.8 Å². The van der Waals surface area contributed by atoms with Crippen molar-refractivity contribution in [2.45, 2.75) is 36.7 Å². The molecule has 1 saturated carbocycles. The molecule has 0 bridgehead atoms. The molecule has 1 aliphatic rings. The van der Waals surface area contributed by atoms with Gasteiger partial charge in [0.25, 0.3) is 0 Å². The number of hydrogen-bond donors (Lipinski definition) is 3. The maximum absolute atomic E-state index is 12.3. The van der Waals surface area contributed by atoms with Crippen molar-refractivity contribution in [3.05, 3.63) is 17.3 Å². The first-order chi connectivity index (χ1) is 10.7. The Hall–Kier alpha value is -1.42. The van der Waals surface area contributed by atoms with Gasteiger partial charge >= 0.3 is 5.97 Å². The highest BCUT2D eigenvalue weighted by Crippen LogP contribution is 2.28. The summed E-state index contributed by atoms with van der Waals surface area (Å²) in [7, 11) is -3.81. The lowest BCUT2D eigenvalue weighted by Gasteiger charge is -2.42. The zero-order valence-electron chi connectivity index (χ0n) is 12.6. The van der Waals surface area contributed by atoms with Gasteiger partial charge in [0.2, 0.25) is 10.0 Å². The molecule has 1 fully saturated rings. The SMILES string of the molecule is CCN(CC(=O)O)C1CC(NS(=O)(=O)c2cc(Cl)cnc2N)C1. The van der Waals surface area contributed by atoms with E-state index in [1.807, 2.05) is 11.8 Å². The summed E-state index contributed by atoms with van der Waals surface area (Å²) in [4.78, 5) is 16.2. The van der Waals surface area contributed by atoms with Gasteiger partial charge < -0.3 is 10.8 Å². The number of aliphatic carboxylic acids is 1. The molecule has 0 spiro atoms. The minimum Gasteiger partial charge on any atom is -0.480 e. The number of hydrogen-bond acceptors (Lipinski definition) is 6. The van der Waals surface area contributed by atoms with E-state index in [-0.39, 0.29) is 34.4 Å². The fourth-order valence-electron chi connectivity index (χ4n) is 2.58. The summed E-state index contributed by atoms with van der Waals surface area (Å²) in [5, 5.41) is 9.04. The van der Waals surface area contributed by atoms with E-state index < -0.39 is 16.0 Å². The molecule has 23 heavy (non-hydrogen) atoms. The molecule has 1 aromatic heterocycles. The first kappa shape index (κ1) is 17.9. The molecular weight excluding hydrogens is 344 g/mol. The number of halogens is 1. The summed E-state index contributed by atoms with van der Waals surface area (Å²) in [5.41, 5.74) is 5.60. The van der Waals surface area contributed by atoms with Gasteiger partial charge in [-0.2, -0.15) is 0 Å². The first-order valence-corrected chi connectivity index (χ1v) is 8.98. The highest BCUT2D eigenvalue weighted by Gasteiger charge is 2.36. The van der Waals surface area contributed by atoms with Crippen LogP contribution in [0.4, 0.5) is 5.82 Å². The zero-order chi connectivity index (χ0) is 17.2. The highest BCUT2D eigenvalue weighted by molar-refractivity contribution is 7.89. The number of rotatable bonds is 7. The maximum Gasteiger partial charge on any atom is 0.317 e. The van der Waals surface area contributed by atoms with E-state index in [1.54, 1.807) is 0 Å². The molecule has 0 aromatic carbocycles. The summed E-state index contributed by atoms with van der Waals surface area (Å²) >= 11 is 5.77. The third-order valence-corrected chi connectivity index (χ3v) is 5.59. The van der Waals surface area contributed by atoms with E-state index in [1.165, 1.54) is 12.3 Å². The second kappa shape index (κ2) is 7.00. The van der Waals surface area contributed by atoms with E-state index >= 15 is 0 Å². The molecule has 0 saturated heterocycles. The number of nitrogen functional groups attached to an aromatic ring is 1. The van der Waals surface area contributed by atoms with Crippen LogP contribution in [-0.2, 0) is 14.8 Å². The Labute approximate surface area is 139 Å². The Balaban J connectivity index is 1.99. The highest BCUT2D eigenvalue weighted by atomic mass is 35.5. The van der Waals surface area contributed by atoms with Crippen molar-refractivity contribution in [3.63, 3.8) is 0 Å². The van der Waals surface area contributed by atoms with Crippen molar-refractivity contribution < 1.29 is 18.3 Å². The van der Waals surface area contributed by atoms with Crippen LogP contribution in [-0.4, -0.2) is 54.6 Å². The number of nitrogens with one attached hydrogen (secondary N) is 1. The molecule has 4 N–H and O–H groups in total. The average Bonchev–Trinajstić information content (AvgIpc) is 2.42. The maximum atomic E-state index is 12.3. The van der Waals surface area contributed by atoms with Gasteiger partial charge in [-0.25, -0.2) is 18.1 Å². The van der Waals surface area contributed by atoms with Crippen LogP contribution < -0.4 is 10.5 Å². The number of aromatic nitrogens is 1. The minimum absolute atomic E-state index is 0.0498. The summed E-state index contributed by atoms with van der Waals surface area (Å²) < 4.78 is 27.2. The number of sulfonamides is 1. The molecule has 8 nitrogen and oxygen atoms in total. The Morgan fingerprint density at radius 3 is 2.78 bits per heavy atom. The molecule has 1 aromatic rings. The van der Waals surface area contributed by atoms with Gasteiger partial charge in [0, 0.05) is 18.3 Å². The number of nitrogens with two attached hydrogens (primary N) is 1. The lowest BCUT2D eigenvalue weighted by atomic mass is 9.86. The number of carbonyl (C=O) groups is 1. The first-order valence-electron chi connectivity index (χ1n) is 7.12. The van der Waals surface area contributed by atoms with Crippen molar-refractivity contribution in [2.24, 2.45) is 0 Å². The normalized spacial score (nSPS) is 21.2. The predicted octanol–water partition coefficient (Wildman–Crippen LogP) is 0.533. The molecule has 2 rings (SSSR count). The fraction of sp³-hybridized carbons (Fsp3) is 0.538. The van der Waals surface area contributed by atoms with Gasteiger partial charge in [-0.05, 0) is 25.5 Å². The van der Waals surface area contributed by atoms with Gasteiger partial charge in [0.15, 0.2) is 0 Å². The summed E-state index contributed by atoms with van der Waals surface area (Å²) in [6, 6.07) is 1.05. The van der Waals surface area contributed by atoms with Gasteiger partial charge in [-0.1, -0.05) is 18.5 Å². The minimum atomic E-state index is -3.81. The average molecular weight is 363 g/mol. The third kappa shape index (κ3) is 4.31. The molecule has 128 valence electrons. The predicted molar refractivity (Wildman–Crippen MR) is 85.7 cm³/mol. The lowest BCUT2D eigenvalue weighted by Crippen LogP contribution is -2.54. The number of likely N-dealkylation sites (N-methyl/N-ethyl adjacent to an activating group) is 1. The van der Waals surface area contributed by atoms with E-state index in [9.17, 15) is 13.2 Å². The summed E-state index contributed by atoms with van der Waals surface area (Å²) in [6.45, 7) is 2.42. The van der Waals surface area contributed by atoms with E-state index in [4.69, 9.17) is 22.4 Å². The van der Waals surface area contributed by atoms with E-state index in [0.717, 1.165) is 0 Å². The van der Waals surface area contributed by atoms with Gasteiger partial charge in [0.05, 0.1) is 11.6 Å². The van der Waals surface area contributed by atoms with Crippen molar-refractivity contribution in [2.75, 3.05) is 18.8 Å². The number of carboxylic acid groups (broad SMARTS) is 1. The van der Waals surface area contributed by atoms with E-state index in [2.05, 4.69) is 9.71 Å². The Morgan fingerprint density at radius 2 is 2.22 bits per heavy atom. The number of pyridine rings is 1. The molecule has 0 radical (unpaired) electrons. The van der Waals surface area contributed by atoms with Crippen molar-refractivity contribution >= 4 is 33.4 Å². The smallest absolute Gasteiger partial charge is 0.317 e. The summed E-state index contributed by atoms with van der Waals surface area (Å²) in [5.74, 6) is -1.01. The topological polar surface area (TPSA) is 126 Å². The van der Waals surface area contributed by atoms with Crippen LogP contribution in [0, 0.1) is 0 Å². The van der Waals surface area contributed by atoms with E-state index in [0.29, 0.717) is 19.4 Å². The van der Waals surface area contributed by atoms with Gasteiger partial charge in [-0.3, -0.25) is 9.69 Å². The Morgan fingerprint density at radius 1 is 1.57 bits per heavy atom. The van der Waals surface area contributed by atoms with Gasteiger partial charge in [-0.15, -0.1) is 0 Å². The second-order valence-electron chi connectivity index (χ2n) is 5.44. The molecule has 1 heterocycles. The van der Waals surface area contributed by atoms with Gasteiger partial charge in [0.1, 0.15) is 10.7 Å². The molecular formula is C13H19ClN4O4S. The number of anilines is 1. The number of nitrogens with zero attached hydrogens (tertiary/aromatic N) is 2. The zero-order valence-corrected chi connectivity index (χ0v) is 14.1. The van der Waals surface area contributed by atoms with Crippen LogP contribution in [0.3, 0.4) is 0 Å². The van der Waals surface area contributed by atoms with Crippen LogP contribution >= 0.6 is 11.6 Å². The summed E-state index contributed by atoms with van der Waals surface area (Å²) in [6.07, 6.45) is 2.38. The molecule has 1 aliphatic carbocycles. The van der Waals surface area contributed by atoms with Crippen molar-refractivity contribution in [3.8, 4) is 0 Å². The Kier molecular flexibility index (Phi) is 5.45. The number of carboxylic acids is 1. The Bertz CT molecular complexity index is 691. The molecule has 0 unspecified atom stereocenters. The van der Waals surface area contributed by atoms with Crippen molar-refractivity contribution in [1.82, 2.24) is 14.6 Å². The van der Waals surface area contributed by atoms with Crippen LogP contribution in [0.5, 0.6) is 0 Å². The van der Waals surface area contributed by atoms with Crippen LogP contribution in [0.25, 0.3) is 0 Å². The fourth-order valence-corrected chi connectivity index (χ4v) is 4.18. The second-order valence-corrected chi connectivity index (χ2v) is 7.56. The molecule has 0 atom stereocenters. The quantitative estimate of drug-likeness (QED) is 0.646. The standard InChI is InChI=1S/C13H19ClN4O4S/c1-2-18(7-12(19)20)10-4-9(5-10)17-23(21,22)11-3-8(14)6-16-13(11)15/h3,6,9-10,17H,2,4-5,7H2,1H3,(H2,15,16)(H,19,20). The lowest BCUT2D eigenvalue weighted by molar-refractivity contribution is -0.139. The molecule has 0 amide bonds. The van der Waals surface area contributed by atoms with Crippen LogP contribution in [0.2, 0.25) is 5.02 Å². The molecule has 10 heteroatoms.